The van der Waals surface area contributed by atoms with Gasteiger partial charge in [0, 0.05) is 6.20 Å². The molecule has 17 heavy (non-hydrogen) atoms. The summed E-state index contributed by atoms with van der Waals surface area (Å²) in [6.45, 7) is 16.3. The summed E-state index contributed by atoms with van der Waals surface area (Å²) in [5, 5.41) is 0.275. The molecule has 1 atom stereocenters. The molecule has 3 nitrogen and oxygen atoms in total. The Balaban J connectivity index is 2.57. The van der Waals surface area contributed by atoms with Crippen LogP contribution in [0.2, 0.25) is 18.1 Å². The normalized spacial score (nSPS) is 15.0. The van der Waals surface area contributed by atoms with Gasteiger partial charge in [0.25, 0.3) is 0 Å². The van der Waals surface area contributed by atoms with Crippen LogP contribution in [0.4, 0.5) is 0 Å². The third-order valence-electron chi connectivity index (χ3n) is 3.73. The van der Waals surface area contributed by atoms with E-state index in [1.54, 1.807) is 0 Å². The van der Waals surface area contributed by atoms with Crippen molar-refractivity contribution < 1.29 is 4.43 Å². The van der Waals surface area contributed by atoms with Crippen molar-refractivity contribution in [3.8, 4) is 0 Å². The SMILES string of the molecule is Cc1cn(C(C)CO[Si](C)(C)C(C)(C)C)cn1. The topological polar surface area (TPSA) is 27.1 Å². The first-order chi connectivity index (χ1) is 7.63. The molecule has 0 saturated carbocycles. The van der Waals surface area contributed by atoms with Crippen LogP contribution < -0.4 is 0 Å². The Morgan fingerprint density at radius 3 is 2.41 bits per heavy atom. The van der Waals surface area contributed by atoms with Crippen LogP contribution in [0.25, 0.3) is 0 Å². The fourth-order valence-electron chi connectivity index (χ4n) is 1.31. The van der Waals surface area contributed by atoms with Crippen molar-refractivity contribution in [1.82, 2.24) is 9.55 Å². The molecule has 0 spiro atoms. The zero-order valence-corrected chi connectivity index (χ0v) is 13.2. The van der Waals surface area contributed by atoms with Gasteiger partial charge in [-0.15, -0.1) is 0 Å². The second-order valence-electron chi connectivity index (χ2n) is 6.38. The van der Waals surface area contributed by atoms with E-state index < -0.39 is 8.32 Å². The quantitative estimate of drug-likeness (QED) is 0.765. The lowest BCUT2D eigenvalue weighted by Gasteiger charge is -2.37. The van der Waals surface area contributed by atoms with Crippen LogP contribution in [0.1, 0.15) is 39.4 Å². The molecule has 1 aromatic heterocycles. The van der Waals surface area contributed by atoms with Crippen molar-refractivity contribution in [3.63, 3.8) is 0 Å². The highest BCUT2D eigenvalue weighted by Crippen LogP contribution is 2.36. The van der Waals surface area contributed by atoms with Crippen molar-refractivity contribution >= 4 is 8.32 Å². The van der Waals surface area contributed by atoms with E-state index in [2.05, 4.69) is 56.5 Å². The summed E-state index contributed by atoms with van der Waals surface area (Å²) in [5.74, 6) is 0. The minimum absolute atomic E-state index is 0.275. The number of aromatic nitrogens is 2. The van der Waals surface area contributed by atoms with Crippen molar-refractivity contribution in [2.45, 2.75) is 58.8 Å². The number of hydrogen-bond donors (Lipinski definition) is 0. The maximum absolute atomic E-state index is 6.21. The average molecular weight is 254 g/mol. The Morgan fingerprint density at radius 2 is 2.00 bits per heavy atom. The summed E-state index contributed by atoms with van der Waals surface area (Å²) in [5.41, 5.74) is 1.06. The molecule has 0 fully saturated rings. The molecule has 0 radical (unpaired) electrons. The van der Waals surface area contributed by atoms with E-state index in [0.717, 1.165) is 12.3 Å². The van der Waals surface area contributed by atoms with Crippen molar-refractivity contribution in [3.05, 3.63) is 18.2 Å². The molecule has 0 bridgehead atoms. The minimum Gasteiger partial charge on any atom is -0.415 e. The smallest absolute Gasteiger partial charge is 0.192 e. The first-order valence-electron chi connectivity index (χ1n) is 6.27. The third kappa shape index (κ3) is 3.68. The molecule has 98 valence electrons. The van der Waals surface area contributed by atoms with Gasteiger partial charge in [-0.1, -0.05) is 20.8 Å². The number of nitrogens with zero attached hydrogens (tertiary/aromatic N) is 2. The molecule has 1 aromatic rings. The maximum atomic E-state index is 6.21. The molecule has 0 saturated heterocycles. The van der Waals surface area contributed by atoms with E-state index >= 15 is 0 Å². The molecule has 4 heteroatoms. The van der Waals surface area contributed by atoms with Crippen molar-refractivity contribution in [2.24, 2.45) is 0 Å². The van der Waals surface area contributed by atoms with Gasteiger partial charge < -0.3 is 8.99 Å². The Bertz CT molecular complexity index is 366. The van der Waals surface area contributed by atoms with Crippen LogP contribution in [-0.4, -0.2) is 24.5 Å². The highest BCUT2D eigenvalue weighted by atomic mass is 28.4. The second-order valence-corrected chi connectivity index (χ2v) is 11.2. The molecule has 1 unspecified atom stereocenters. The minimum atomic E-state index is -1.63. The van der Waals surface area contributed by atoms with Crippen LogP contribution in [0, 0.1) is 6.92 Å². The summed E-state index contributed by atoms with van der Waals surface area (Å²) in [6, 6.07) is 0.352. The lowest BCUT2D eigenvalue weighted by atomic mass is 10.2. The first-order valence-corrected chi connectivity index (χ1v) is 9.18. The fourth-order valence-corrected chi connectivity index (χ4v) is 2.40. The van der Waals surface area contributed by atoms with Crippen molar-refractivity contribution in [2.75, 3.05) is 6.61 Å². The Hall–Kier alpha value is -0.613. The standard InChI is InChI=1S/C13H26N2OSi/c1-11-8-15(10-14-11)12(2)9-16-17(6,7)13(3,4)5/h8,10,12H,9H2,1-7H3. The van der Waals surface area contributed by atoms with Gasteiger partial charge in [0.15, 0.2) is 8.32 Å². The molecule has 0 aliphatic heterocycles. The second kappa shape index (κ2) is 4.94. The van der Waals surface area contributed by atoms with Gasteiger partial charge >= 0.3 is 0 Å². The van der Waals surface area contributed by atoms with Gasteiger partial charge in [-0.3, -0.25) is 0 Å². The molecule has 0 aromatic carbocycles. The summed E-state index contributed by atoms with van der Waals surface area (Å²) < 4.78 is 8.34. The number of aryl methyl sites for hydroxylation is 1. The van der Waals surface area contributed by atoms with Gasteiger partial charge in [0.2, 0.25) is 0 Å². The van der Waals surface area contributed by atoms with Gasteiger partial charge in [0.05, 0.1) is 24.7 Å². The monoisotopic (exact) mass is 254 g/mol. The van der Waals surface area contributed by atoms with Gasteiger partial charge in [-0.25, -0.2) is 4.98 Å². The molecular weight excluding hydrogens is 228 g/mol. The number of imidazole rings is 1. The lowest BCUT2D eigenvalue weighted by molar-refractivity contribution is 0.238. The van der Waals surface area contributed by atoms with E-state index in [9.17, 15) is 0 Å². The largest absolute Gasteiger partial charge is 0.415 e. The highest BCUT2D eigenvalue weighted by molar-refractivity contribution is 6.74. The summed E-state index contributed by atoms with van der Waals surface area (Å²) in [7, 11) is -1.63. The van der Waals surface area contributed by atoms with E-state index in [4.69, 9.17) is 4.43 Å². The maximum Gasteiger partial charge on any atom is 0.192 e. The van der Waals surface area contributed by atoms with E-state index in [-0.39, 0.29) is 5.04 Å². The Morgan fingerprint density at radius 1 is 1.41 bits per heavy atom. The first kappa shape index (κ1) is 14.4. The molecule has 0 aliphatic rings. The average Bonchev–Trinajstić information content (AvgIpc) is 2.59. The summed E-state index contributed by atoms with van der Waals surface area (Å²) in [4.78, 5) is 4.25. The Kier molecular flexibility index (Phi) is 4.20. The summed E-state index contributed by atoms with van der Waals surface area (Å²) in [6.07, 6.45) is 3.95. The number of rotatable bonds is 4. The molecule has 0 N–H and O–H groups in total. The van der Waals surface area contributed by atoms with Crippen LogP contribution in [0.3, 0.4) is 0 Å². The molecule has 1 rings (SSSR count). The van der Waals surface area contributed by atoms with Crippen LogP contribution in [0.15, 0.2) is 12.5 Å². The summed E-state index contributed by atoms with van der Waals surface area (Å²) >= 11 is 0. The third-order valence-corrected chi connectivity index (χ3v) is 8.23. The van der Waals surface area contributed by atoms with E-state index in [0.29, 0.717) is 6.04 Å². The van der Waals surface area contributed by atoms with Gasteiger partial charge in [-0.2, -0.15) is 0 Å². The molecule has 0 aliphatic carbocycles. The van der Waals surface area contributed by atoms with E-state index in [1.807, 2.05) is 13.3 Å². The number of hydrogen-bond acceptors (Lipinski definition) is 2. The van der Waals surface area contributed by atoms with E-state index in [1.165, 1.54) is 0 Å². The Labute approximate surface area is 106 Å². The fraction of sp³-hybridized carbons (Fsp3) is 0.769. The lowest BCUT2D eigenvalue weighted by Crippen LogP contribution is -2.41. The van der Waals surface area contributed by atoms with Crippen LogP contribution >= 0.6 is 0 Å². The molecule has 1 heterocycles. The van der Waals surface area contributed by atoms with Crippen molar-refractivity contribution in [1.29, 1.82) is 0 Å². The van der Waals surface area contributed by atoms with Gasteiger partial charge in [0.1, 0.15) is 0 Å². The predicted octanol–water partition coefficient (Wildman–Crippen LogP) is 3.77. The zero-order valence-electron chi connectivity index (χ0n) is 12.2. The molecule has 0 amide bonds. The predicted molar refractivity (Wildman–Crippen MR) is 74.8 cm³/mol. The molecular formula is C13H26N2OSi. The highest BCUT2D eigenvalue weighted by Gasteiger charge is 2.37. The van der Waals surface area contributed by atoms with Crippen LogP contribution in [-0.2, 0) is 4.43 Å². The van der Waals surface area contributed by atoms with Gasteiger partial charge in [-0.05, 0) is 32.0 Å². The van der Waals surface area contributed by atoms with Crippen LogP contribution in [0.5, 0.6) is 0 Å². The zero-order chi connectivity index (χ0) is 13.3.